The van der Waals surface area contributed by atoms with E-state index in [4.69, 9.17) is 0 Å². The number of allylic oxidation sites excluding steroid dienone is 1. The van der Waals surface area contributed by atoms with Gasteiger partial charge in [0.15, 0.2) is 0 Å². The van der Waals surface area contributed by atoms with Gasteiger partial charge < -0.3 is 9.62 Å². The maximum absolute atomic E-state index is 3.37. The molecule has 152 valence electrons. The minimum Gasteiger partial charge on any atom is -0.364 e. The maximum Gasteiger partial charge on any atom is 0.0446 e. The van der Waals surface area contributed by atoms with Gasteiger partial charge in [0.1, 0.15) is 0 Å². The molecule has 2 aromatic carbocycles. The van der Waals surface area contributed by atoms with E-state index in [9.17, 15) is 0 Å². The van der Waals surface area contributed by atoms with E-state index in [-0.39, 0.29) is 0 Å². The highest BCUT2D eigenvalue weighted by Gasteiger charge is 2.34. The van der Waals surface area contributed by atoms with Crippen molar-refractivity contribution in [2.75, 3.05) is 11.0 Å². The summed E-state index contributed by atoms with van der Waals surface area (Å²) >= 11 is 1.65. The van der Waals surface area contributed by atoms with Crippen molar-refractivity contribution in [1.29, 1.82) is 0 Å². The third-order valence-electron chi connectivity index (χ3n) is 7.01. The molecule has 0 amide bonds. The van der Waals surface area contributed by atoms with Crippen LogP contribution < -0.4 is 4.72 Å². The van der Waals surface area contributed by atoms with Crippen LogP contribution in [0.2, 0.25) is 0 Å². The zero-order valence-corrected chi connectivity index (χ0v) is 18.6. The predicted molar refractivity (Wildman–Crippen MR) is 127 cm³/mol. The first-order chi connectivity index (χ1) is 14.2. The Hall–Kier alpha value is -1.87. The van der Waals surface area contributed by atoms with Crippen LogP contribution in [-0.2, 0) is 6.54 Å². The van der Waals surface area contributed by atoms with Crippen LogP contribution in [0.3, 0.4) is 0 Å². The molecular weight excluding hydrogens is 372 g/mol. The van der Waals surface area contributed by atoms with E-state index in [1.165, 1.54) is 73.7 Å². The first kappa shape index (κ1) is 19.1. The molecule has 0 saturated heterocycles. The molecule has 0 aromatic heterocycles. The summed E-state index contributed by atoms with van der Waals surface area (Å²) in [4.78, 5) is 2.81. The topological polar surface area (TPSA) is 15.3 Å². The Labute approximate surface area is 179 Å². The second-order valence-electron chi connectivity index (χ2n) is 8.94. The monoisotopic (exact) mass is 404 g/mol. The fourth-order valence-corrected chi connectivity index (χ4v) is 5.81. The molecule has 2 aliphatic carbocycles. The fourth-order valence-electron chi connectivity index (χ4n) is 5.45. The largest absolute Gasteiger partial charge is 0.364 e. The molecule has 0 bridgehead atoms. The average molecular weight is 405 g/mol. The Bertz CT molecular complexity index is 934. The standard InChI is InChI=1S/C26H32N2S/c1-18-14-21(20-10-7-11-23(16-20)27-29-2)15-22-17-28(24-12-4-3-5-13-24)26(25(18)22)19-8-6-9-19/h7,10-11,14-16,24,27H,3-6,8-9,12-13,17H2,1-2H3. The molecule has 3 aliphatic rings. The number of fused-ring (bicyclic) bond motifs is 1. The molecule has 1 heterocycles. The van der Waals surface area contributed by atoms with Crippen LogP contribution in [0.25, 0.3) is 16.8 Å². The molecule has 2 saturated carbocycles. The summed E-state index contributed by atoms with van der Waals surface area (Å²) < 4.78 is 3.37. The van der Waals surface area contributed by atoms with Crippen molar-refractivity contribution in [3.05, 3.63) is 58.7 Å². The van der Waals surface area contributed by atoms with Gasteiger partial charge in [-0.2, -0.15) is 0 Å². The van der Waals surface area contributed by atoms with Gasteiger partial charge in [-0.3, -0.25) is 0 Å². The highest BCUT2D eigenvalue weighted by atomic mass is 32.2. The van der Waals surface area contributed by atoms with Crippen molar-refractivity contribution < 1.29 is 0 Å². The van der Waals surface area contributed by atoms with Crippen molar-refractivity contribution in [3.8, 4) is 11.1 Å². The lowest BCUT2D eigenvalue weighted by Gasteiger charge is -2.36. The van der Waals surface area contributed by atoms with Gasteiger partial charge in [-0.25, -0.2) is 0 Å². The molecule has 0 spiro atoms. The summed E-state index contributed by atoms with van der Waals surface area (Å²) in [6, 6.07) is 14.5. The van der Waals surface area contributed by atoms with Crippen molar-refractivity contribution in [2.45, 2.75) is 70.9 Å². The third kappa shape index (κ3) is 3.59. The van der Waals surface area contributed by atoms with E-state index < -0.39 is 0 Å². The van der Waals surface area contributed by atoms with Gasteiger partial charge in [0, 0.05) is 35.8 Å². The Balaban J connectivity index is 1.55. The highest BCUT2D eigenvalue weighted by molar-refractivity contribution is 7.99. The van der Waals surface area contributed by atoms with Gasteiger partial charge in [0.05, 0.1) is 0 Å². The van der Waals surface area contributed by atoms with Gasteiger partial charge in [0.25, 0.3) is 0 Å². The van der Waals surface area contributed by atoms with E-state index >= 15 is 0 Å². The van der Waals surface area contributed by atoms with Crippen LogP contribution in [-0.4, -0.2) is 17.2 Å². The van der Waals surface area contributed by atoms with E-state index in [2.05, 4.69) is 59.2 Å². The summed E-state index contributed by atoms with van der Waals surface area (Å²) in [5, 5.41) is 0. The highest BCUT2D eigenvalue weighted by Crippen LogP contribution is 2.46. The lowest BCUT2D eigenvalue weighted by atomic mass is 9.85. The first-order valence-corrected chi connectivity index (χ1v) is 12.5. The van der Waals surface area contributed by atoms with E-state index in [1.54, 1.807) is 34.3 Å². The smallest absolute Gasteiger partial charge is 0.0446 e. The van der Waals surface area contributed by atoms with Crippen molar-refractivity contribution >= 4 is 23.3 Å². The number of anilines is 1. The Morgan fingerprint density at radius 1 is 0.966 bits per heavy atom. The quantitative estimate of drug-likeness (QED) is 0.535. The number of benzene rings is 2. The van der Waals surface area contributed by atoms with Gasteiger partial charge in [-0.05, 0) is 85.1 Å². The number of nitrogens with one attached hydrogen (secondary N) is 1. The van der Waals surface area contributed by atoms with Gasteiger partial charge in [-0.15, -0.1) is 0 Å². The predicted octanol–water partition coefficient (Wildman–Crippen LogP) is 7.40. The normalized spacial score (nSPS) is 19.3. The second kappa shape index (κ2) is 8.10. The summed E-state index contributed by atoms with van der Waals surface area (Å²) in [5.74, 6) is 0. The molecule has 0 atom stereocenters. The molecule has 1 N–H and O–H groups in total. The zero-order valence-electron chi connectivity index (χ0n) is 17.8. The van der Waals surface area contributed by atoms with Gasteiger partial charge in [0.2, 0.25) is 0 Å². The lowest BCUT2D eigenvalue weighted by Crippen LogP contribution is -2.32. The van der Waals surface area contributed by atoms with Crippen molar-refractivity contribution in [2.24, 2.45) is 0 Å². The molecule has 0 radical (unpaired) electrons. The summed E-state index contributed by atoms with van der Waals surface area (Å²) in [6.07, 6.45) is 13.0. The lowest BCUT2D eigenvalue weighted by molar-refractivity contribution is 0.231. The molecule has 2 aromatic rings. The maximum atomic E-state index is 3.37. The Morgan fingerprint density at radius 2 is 1.79 bits per heavy atom. The van der Waals surface area contributed by atoms with E-state index in [0.29, 0.717) is 0 Å². The second-order valence-corrected chi connectivity index (χ2v) is 9.55. The number of aryl methyl sites for hydroxylation is 1. The Morgan fingerprint density at radius 3 is 2.52 bits per heavy atom. The van der Waals surface area contributed by atoms with Crippen LogP contribution >= 0.6 is 11.9 Å². The average Bonchev–Trinajstić information content (AvgIpc) is 3.07. The van der Waals surface area contributed by atoms with Crippen LogP contribution in [0.15, 0.2) is 42.0 Å². The number of hydrogen-bond donors (Lipinski definition) is 1. The van der Waals surface area contributed by atoms with E-state index in [0.717, 1.165) is 12.6 Å². The molecule has 1 aliphatic heterocycles. The fraction of sp³-hybridized carbons (Fsp3) is 0.462. The summed E-state index contributed by atoms with van der Waals surface area (Å²) in [6.45, 7) is 3.44. The number of rotatable bonds is 4. The molecule has 5 rings (SSSR count). The minimum absolute atomic E-state index is 0.746. The van der Waals surface area contributed by atoms with Crippen molar-refractivity contribution in [1.82, 2.24) is 4.90 Å². The number of hydrogen-bond acceptors (Lipinski definition) is 3. The van der Waals surface area contributed by atoms with Gasteiger partial charge >= 0.3 is 0 Å². The first-order valence-electron chi connectivity index (χ1n) is 11.3. The van der Waals surface area contributed by atoms with Crippen LogP contribution in [0, 0.1) is 6.92 Å². The third-order valence-corrected chi connectivity index (χ3v) is 7.45. The zero-order chi connectivity index (χ0) is 19.8. The Kier molecular flexibility index (Phi) is 5.34. The van der Waals surface area contributed by atoms with Crippen molar-refractivity contribution in [3.63, 3.8) is 0 Å². The number of nitrogens with zero attached hydrogens (tertiary/aromatic N) is 1. The SMILES string of the molecule is CSNc1cccc(-c2cc(C)c3c(c2)CN(C2CCCCC2)C3=C2CCC2)c1. The minimum atomic E-state index is 0.746. The van der Waals surface area contributed by atoms with Crippen LogP contribution in [0.1, 0.15) is 68.1 Å². The van der Waals surface area contributed by atoms with Crippen LogP contribution in [0.5, 0.6) is 0 Å². The molecule has 29 heavy (non-hydrogen) atoms. The molecule has 2 fully saturated rings. The van der Waals surface area contributed by atoms with Crippen LogP contribution in [0.4, 0.5) is 5.69 Å². The molecule has 2 nitrogen and oxygen atoms in total. The summed E-state index contributed by atoms with van der Waals surface area (Å²) in [7, 11) is 0. The molecule has 0 unspecified atom stereocenters. The molecule has 3 heteroatoms. The molecular formula is C26H32N2S. The van der Waals surface area contributed by atoms with E-state index in [1.807, 2.05) is 0 Å². The summed E-state index contributed by atoms with van der Waals surface area (Å²) in [5.41, 5.74) is 11.7. The van der Waals surface area contributed by atoms with Gasteiger partial charge in [-0.1, -0.05) is 49.4 Å².